The number of nitrogens with zero attached hydrogens (tertiary/aromatic N) is 6. The Morgan fingerprint density at radius 1 is 1.50 bits per heavy atom. The second-order valence-electron chi connectivity index (χ2n) is 2.44. The van der Waals surface area contributed by atoms with E-state index < -0.39 is 0 Å². The van der Waals surface area contributed by atoms with Gasteiger partial charge in [0.2, 0.25) is 0 Å². The molecule has 1 aliphatic rings. The second kappa shape index (κ2) is 3.60. The molecule has 0 fully saturated rings. The van der Waals surface area contributed by atoms with Gasteiger partial charge < -0.3 is 5.73 Å². The molecule has 0 aliphatic carbocycles. The predicted molar refractivity (Wildman–Crippen MR) is 47.7 cm³/mol. The lowest BCUT2D eigenvalue weighted by Gasteiger charge is -1.87. The summed E-state index contributed by atoms with van der Waals surface area (Å²) in [6, 6.07) is 0. The van der Waals surface area contributed by atoms with Gasteiger partial charge in [0.15, 0.2) is 5.84 Å². The van der Waals surface area contributed by atoms with Crippen molar-refractivity contribution in [3.63, 3.8) is 0 Å². The molecule has 1 aromatic heterocycles. The lowest BCUT2D eigenvalue weighted by Crippen LogP contribution is -2.12. The Labute approximate surface area is 78.2 Å². The second-order valence-corrected chi connectivity index (χ2v) is 2.44. The van der Waals surface area contributed by atoms with E-state index in [1.807, 2.05) is 0 Å². The molecular weight excluding hydrogens is 186 g/mol. The molecule has 0 spiro atoms. The summed E-state index contributed by atoms with van der Waals surface area (Å²) in [5, 5.41) is 20.7. The summed E-state index contributed by atoms with van der Waals surface area (Å²) in [5.41, 5.74) is 8.00. The minimum absolute atomic E-state index is 0.293. The van der Waals surface area contributed by atoms with Gasteiger partial charge >= 0.3 is 0 Å². The number of nitrogens with two attached hydrogens (primary N) is 1. The standard InChI is InChI=1S/C5H7N9/c6-3-1-4(10-9-3)11-14-13-5-7-2-8-12-5/h2H,1H2,(H2,6,9)(H2,7,8,10,11,12,13). The number of H-pyrrole nitrogens is 1. The van der Waals surface area contributed by atoms with E-state index in [1.54, 1.807) is 0 Å². The zero-order chi connectivity index (χ0) is 9.80. The topological polar surface area (TPSA) is 129 Å². The Bertz CT molecular complexity index is 385. The zero-order valence-electron chi connectivity index (χ0n) is 7.05. The van der Waals surface area contributed by atoms with Crippen molar-refractivity contribution >= 4 is 17.6 Å². The van der Waals surface area contributed by atoms with Crippen LogP contribution in [0, 0.1) is 0 Å². The summed E-state index contributed by atoms with van der Waals surface area (Å²) >= 11 is 0. The third-order valence-corrected chi connectivity index (χ3v) is 1.38. The van der Waals surface area contributed by atoms with Gasteiger partial charge in [0.1, 0.15) is 12.2 Å². The highest BCUT2D eigenvalue weighted by Gasteiger charge is 2.08. The summed E-state index contributed by atoms with van der Waals surface area (Å²) in [5.74, 6) is 1.31. The molecule has 4 N–H and O–H groups in total. The molecule has 72 valence electrons. The molecule has 0 aromatic carbocycles. The number of nitrogens with one attached hydrogen (secondary N) is 2. The van der Waals surface area contributed by atoms with Gasteiger partial charge in [0.05, 0.1) is 6.42 Å². The van der Waals surface area contributed by atoms with Crippen molar-refractivity contribution in [2.45, 2.75) is 6.42 Å². The minimum Gasteiger partial charge on any atom is -0.385 e. The Kier molecular flexibility index (Phi) is 2.13. The molecule has 0 saturated carbocycles. The summed E-state index contributed by atoms with van der Waals surface area (Å²) in [4.78, 5) is 3.73. The largest absolute Gasteiger partial charge is 0.385 e. The summed E-state index contributed by atoms with van der Waals surface area (Å²) in [7, 11) is 0. The van der Waals surface area contributed by atoms with Crippen LogP contribution in [0.2, 0.25) is 0 Å². The van der Waals surface area contributed by atoms with Gasteiger partial charge in [-0.3, -0.25) is 5.43 Å². The van der Waals surface area contributed by atoms with Crippen LogP contribution in [0.4, 0.5) is 5.95 Å². The predicted octanol–water partition coefficient (Wildman–Crippen LogP) is -0.533. The highest BCUT2D eigenvalue weighted by Crippen LogP contribution is 2.00. The molecule has 0 unspecified atom stereocenters. The Morgan fingerprint density at radius 2 is 2.43 bits per heavy atom. The van der Waals surface area contributed by atoms with E-state index in [0.29, 0.717) is 24.0 Å². The highest BCUT2D eigenvalue weighted by atomic mass is 15.5. The molecule has 0 amide bonds. The molecule has 0 atom stereocenters. The van der Waals surface area contributed by atoms with Crippen LogP contribution in [0.15, 0.2) is 26.9 Å². The average molecular weight is 193 g/mol. The van der Waals surface area contributed by atoms with Crippen molar-refractivity contribution in [2.24, 2.45) is 26.3 Å². The fourth-order valence-corrected chi connectivity index (χ4v) is 0.811. The summed E-state index contributed by atoms with van der Waals surface area (Å²) in [6.07, 6.45) is 1.78. The van der Waals surface area contributed by atoms with Crippen LogP contribution in [0.1, 0.15) is 6.42 Å². The van der Waals surface area contributed by atoms with Crippen molar-refractivity contribution in [1.82, 2.24) is 20.6 Å². The first-order valence-electron chi connectivity index (χ1n) is 3.75. The number of hydrogen-bond acceptors (Lipinski definition) is 6. The lowest BCUT2D eigenvalue weighted by molar-refractivity contribution is 0.960. The van der Waals surface area contributed by atoms with Crippen LogP contribution in [-0.2, 0) is 0 Å². The zero-order valence-corrected chi connectivity index (χ0v) is 7.05. The average Bonchev–Trinajstić information content (AvgIpc) is 2.77. The van der Waals surface area contributed by atoms with Crippen molar-refractivity contribution < 1.29 is 0 Å². The number of aromatic nitrogens is 3. The van der Waals surface area contributed by atoms with Crippen LogP contribution in [0.25, 0.3) is 0 Å². The van der Waals surface area contributed by atoms with Gasteiger partial charge in [-0.25, -0.2) is 5.10 Å². The van der Waals surface area contributed by atoms with Gasteiger partial charge in [0.25, 0.3) is 5.95 Å². The Morgan fingerprint density at radius 3 is 3.07 bits per heavy atom. The Balaban J connectivity index is 1.94. The van der Waals surface area contributed by atoms with Gasteiger partial charge in [-0.05, 0) is 5.22 Å². The van der Waals surface area contributed by atoms with Crippen molar-refractivity contribution in [3.8, 4) is 0 Å². The number of aromatic amines is 1. The molecule has 9 heteroatoms. The van der Waals surface area contributed by atoms with E-state index in [2.05, 4.69) is 41.1 Å². The lowest BCUT2D eigenvalue weighted by atomic mass is 10.4. The number of hydrazone groups is 1. The molecule has 0 bridgehead atoms. The third kappa shape index (κ3) is 1.88. The van der Waals surface area contributed by atoms with Crippen LogP contribution in [-0.4, -0.2) is 26.9 Å². The molecule has 2 heterocycles. The molecule has 0 radical (unpaired) electrons. The van der Waals surface area contributed by atoms with E-state index in [0.717, 1.165) is 0 Å². The maximum Gasteiger partial charge on any atom is 0.266 e. The van der Waals surface area contributed by atoms with Crippen molar-refractivity contribution in [2.75, 3.05) is 0 Å². The summed E-state index contributed by atoms with van der Waals surface area (Å²) in [6.45, 7) is 0. The van der Waals surface area contributed by atoms with Crippen LogP contribution in [0.3, 0.4) is 0 Å². The molecule has 1 aromatic rings. The molecule has 2 rings (SSSR count). The monoisotopic (exact) mass is 193 g/mol. The normalized spacial score (nSPS) is 18.9. The number of amidine groups is 2. The van der Waals surface area contributed by atoms with Crippen LogP contribution >= 0.6 is 0 Å². The van der Waals surface area contributed by atoms with Crippen molar-refractivity contribution in [1.29, 1.82) is 0 Å². The molecule has 14 heavy (non-hydrogen) atoms. The maximum absolute atomic E-state index is 5.40. The van der Waals surface area contributed by atoms with E-state index >= 15 is 0 Å². The maximum atomic E-state index is 5.40. The first kappa shape index (κ1) is 8.29. The highest BCUT2D eigenvalue weighted by molar-refractivity contribution is 6.05. The number of hydrogen-bond donors (Lipinski definition) is 3. The van der Waals surface area contributed by atoms with Gasteiger partial charge in [0, 0.05) is 0 Å². The van der Waals surface area contributed by atoms with E-state index in [1.165, 1.54) is 6.33 Å². The SMILES string of the molecule is NC1=NN/C(=N/N=N/c2ncn[nH]2)C1. The number of rotatable bonds is 2. The van der Waals surface area contributed by atoms with E-state index in [9.17, 15) is 0 Å². The molecule has 1 aliphatic heterocycles. The van der Waals surface area contributed by atoms with Crippen molar-refractivity contribution in [3.05, 3.63) is 6.33 Å². The van der Waals surface area contributed by atoms with E-state index in [4.69, 9.17) is 5.73 Å². The van der Waals surface area contributed by atoms with Crippen LogP contribution < -0.4 is 11.2 Å². The first-order chi connectivity index (χ1) is 6.84. The summed E-state index contributed by atoms with van der Waals surface area (Å²) < 4.78 is 0. The third-order valence-electron chi connectivity index (χ3n) is 1.38. The van der Waals surface area contributed by atoms with E-state index in [-0.39, 0.29) is 0 Å². The smallest absolute Gasteiger partial charge is 0.266 e. The minimum atomic E-state index is 0.293. The molecule has 0 saturated heterocycles. The quantitative estimate of drug-likeness (QED) is 0.430. The van der Waals surface area contributed by atoms with Crippen LogP contribution in [0.5, 0.6) is 0 Å². The molecule has 9 nitrogen and oxygen atoms in total. The Hall–Kier alpha value is -2.32. The first-order valence-corrected chi connectivity index (χ1v) is 3.75. The van der Waals surface area contributed by atoms with Gasteiger partial charge in [-0.1, -0.05) is 5.11 Å². The fraction of sp³-hybridized carbons (Fsp3) is 0.200. The van der Waals surface area contributed by atoms with Gasteiger partial charge in [-0.2, -0.15) is 15.2 Å². The van der Waals surface area contributed by atoms with Gasteiger partial charge in [-0.15, -0.1) is 5.10 Å². The molecular formula is C5H7N9. The fourth-order valence-electron chi connectivity index (χ4n) is 0.811.